The molecule has 0 radical (unpaired) electrons. The highest BCUT2D eigenvalue weighted by Gasteiger charge is 2.23. The van der Waals surface area contributed by atoms with Gasteiger partial charge >= 0.3 is 5.97 Å². The Balaban J connectivity index is 2.15. The van der Waals surface area contributed by atoms with Gasteiger partial charge in [0.05, 0.1) is 10.4 Å². The van der Waals surface area contributed by atoms with Crippen molar-refractivity contribution in [2.45, 2.75) is 6.42 Å². The second kappa shape index (κ2) is 6.93. The summed E-state index contributed by atoms with van der Waals surface area (Å²) in [5, 5.41) is 19.8. The highest BCUT2D eigenvalue weighted by molar-refractivity contribution is 7.17. The van der Waals surface area contributed by atoms with Crippen LogP contribution in [0.3, 0.4) is 0 Å². The highest BCUT2D eigenvalue weighted by Crippen LogP contribution is 2.38. The van der Waals surface area contributed by atoms with Gasteiger partial charge < -0.3 is 10.8 Å². The van der Waals surface area contributed by atoms with E-state index >= 15 is 0 Å². The number of benzene rings is 1. The molecule has 0 spiro atoms. The van der Waals surface area contributed by atoms with E-state index in [9.17, 15) is 15.2 Å². The third-order valence-electron chi connectivity index (χ3n) is 3.65. The van der Waals surface area contributed by atoms with E-state index in [0.29, 0.717) is 38.8 Å². The minimum Gasteiger partial charge on any atom is -0.477 e. The fourth-order valence-electron chi connectivity index (χ4n) is 2.52. The first-order valence-corrected chi connectivity index (χ1v) is 8.44. The van der Waals surface area contributed by atoms with Crippen LogP contribution in [0.4, 0.5) is 5.82 Å². The zero-order valence-electron chi connectivity index (χ0n) is 12.9. The smallest absolute Gasteiger partial charge is 0.346 e. The van der Waals surface area contributed by atoms with Gasteiger partial charge in [-0.15, -0.1) is 11.3 Å². The average Bonchev–Trinajstić information content (AvgIpc) is 2.95. The number of pyridine rings is 1. The number of thiophene rings is 1. The summed E-state index contributed by atoms with van der Waals surface area (Å²) >= 11 is 6.96. The zero-order valence-corrected chi connectivity index (χ0v) is 14.4. The largest absolute Gasteiger partial charge is 0.477 e. The van der Waals surface area contributed by atoms with Gasteiger partial charge in [-0.25, -0.2) is 9.78 Å². The molecule has 5 nitrogen and oxygen atoms in total. The van der Waals surface area contributed by atoms with Gasteiger partial charge in [0.25, 0.3) is 0 Å². The van der Waals surface area contributed by atoms with Gasteiger partial charge in [-0.1, -0.05) is 23.7 Å². The maximum Gasteiger partial charge on any atom is 0.346 e. The molecule has 0 unspecified atom stereocenters. The first-order valence-electron chi connectivity index (χ1n) is 7.25. The Morgan fingerprint density at radius 3 is 2.64 bits per heavy atom. The van der Waals surface area contributed by atoms with Crippen molar-refractivity contribution < 1.29 is 9.90 Å². The van der Waals surface area contributed by atoms with Crippen LogP contribution in [0, 0.1) is 11.3 Å². The summed E-state index contributed by atoms with van der Waals surface area (Å²) in [6.07, 6.45) is 1.86. The maximum atomic E-state index is 11.7. The molecule has 25 heavy (non-hydrogen) atoms. The molecule has 124 valence electrons. The number of carbonyl (C=O) groups is 1. The summed E-state index contributed by atoms with van der Waals surface area (Å²) in [5.41, 5.74) is 8.11. The molecule has 1 aromatic carbocycles. The van der Waals surface area contributed by atoms with Gasteiger partial charge in [0.2, 0.25) is 0 Å². The molecule has 3 N–H and O–H groups in total. The summed E-state index contributed by atoms with van der Waals surface area (Å²) in [7, 11) is 0. The summed E-state index contributed by atoms with van der Waals surface area (Å²) in [5.74, 6) is -0.746. The van der Waals surface area contributed by atoms with Crippen LogP contribution in [0.25, 0.3) is 10.4 Å². The van der Waals surface area contributed by atoms with E-state index in [-0.39, 0.29) is 4.88 Å². The van der Waals surface area contributed by atoms with E-state index in [2.05, 4.69) is 11.1 Å². The van der Waals surface area contributed by atoms with Gasteiger partial charge in [-0.2, -0.15) is 5.26 Å². The Morgan fingerprint density at radius 1 is 1.32 bits per heavy atom. The van der Waals surface area contributed by atoms with Gasteiger partial charge in [-0.05, 0) is 35.4 Å². The van der Waals surface area contributed by atoms with Crippen LogP contribution < -0.4 is 5.73 Å². The molecule has 3 rings (SSSR count). The summed E-state index contributed by atoms with van der Waals surface area (Å²) in [4.78, 5) is 16.4. The van der Waals surface area contributed by atoms with E-state index in [1.165, 1.54) is 6.20 Å². The summed E-state index contributed by atoms with van der Waals surface area (Å²) in [6.45, 7) is 0. The lowest BCUT2D eigenvalue weighted by Crippen LogP contribution is -2.00. The molecular weight excluding hydrogens is 358 g/mol. The zero-order chi connectivity index (χ0) is 18.0. The Kier molecular flexibility index (Phi) is 4.70. The Labute approximate surface area is 152 Å². The monoisotopic (exact) mass is 369 g/mol. The van der Waals surface area contributed by atoms with Crippen molar-refractivity contribution >= 4 is 34.7 Å². The van der Waals surface area contributed by atoms with Crippen molar-refractivity contribution in [3.05, 3.63) is 69.2 Å². The molecule has 0 amide bonds. The standard InChI is InChI=1S/C18H12ClN3O2S/c19-12-3-1-10(2-4-12)7-13-14(9-20)16(25-17(13)18(23)24)11-5-6-22-15(21)8-11/h1-6,8H,7H2,(H2,21,22)(H,23,24). The van der Waals surface area contributed by atoms with Crippen molar-refractivity contribution in [2.75, 3.05) is 5.73 Å². The number of hydrogen-bond acceptors (Lipinski definition) is 5. The number of anilines is 1. The van der Waals surface area contributed by atoms with Gasteiger partial charge in [0, 0.05) is 23.2 Å². The number of nitrogens with zero attached hydrogens (tertiary/aromatic N) is 2. The molecule has 0 saturated heterocycles. The third kappa shape index (κ3) is 3.48. The second-order valence-electron chi connectivity index (χ2n) is 5.30. The molecule has 7 heteroatoms. The second-order valence-corrected chi connectivity index (χ2v) is 6.76. The highest BCUT2D eigenvalue weighted by atomic mass is 35.5. The number of aromatic nitrogens is 1. The predicted molar refractivity (Wildman–Crippen MR) is 97.9 cm³/mol. The molecular formula is C18H12ClN3O2S. The quantitative estimate of drug-likeness (QED) is 0.717. The Hall–Kier alpha value is -2.88. The minimum atomic E-state index is -1.06. The van der Waals surface area contributed by atoms with Gasteiger partial charge in [0.15, 0.2) is 0 Å². The van der Waals surface area contributed by atoms with Crippen LogP contribution in [0.2, 0.25) is 5.02 Å². The van der Waals surface area contributed by atoms with E-state index in [4.69, 9.17) is 17.3 Å². The first-order chi connectivity index (χ1) is 12.0. The fourth-order valence-corrected chi connectivity index (χ4v) is 3.75. The number of nitrogens with two attached hydrogens (primary N) is 1. The summed E-state index contributed by atoms with van der Waals surface area (Å²) in [6, 6.07) is 12.6. The average molecular weight is 370 g/mol. The van der Waals surface area contributed by atoms with Crippen LogP contribution >= 0.6 is 22.9 Å². The molecule has 3 aromatic rings. The van der Waals surface area contributed by atoms with E-state index < -0.39 is 5.97 Å². The Bertz CT molecular complexity index is 991. The van der Waals surface area contributed by atoms with E-state index in [0.717, 1.165) is 16.9 Å². The van der Waals surface area contributed by atoms with Gasteiger partial charge in [0.1, 0.15) is 16.8 Å². The molecule has 0 saturated carbocycles. The topological polar surface area (TPSA) is 100 Å². The number of nitrogen functional groups attached to an aromatic ring is 1. The molecule has 0 aliphatic carbocycles. The normalized spacial score (nSPS) is 10.4. The van der Waals surface area contributed by atoms with Crippen molar-refractivity contribution in [1.82, 2.24) is 4.98 Å². The number of hydrogen-bond donors (Lipinski definition) is 2. The summed E-state index contributed by atoms with van der Waals surface area (Å²) < 4.78 is 0. The van der Waals surface area contributed by atoms with Gasteiger partial charge in [-0.3, -0.25) is 0 Å². The predicted octanol–water partition coefficient (Wildman–Crippen LogP) is 4.21. The van der Waals surface area contributed by atoms with Crippen LogP contribution in [0.5, 0.6) is 0 Å². The SMILES string of the molecule is N#Cc1c(-c2ccnc(N)c2)sc(C(=O)O)c1Cc1ccc(Cl)cc1. The number of carboxylic acids is 1. The lowest BCUT2D eigenvalue weighted by molar-refractivity contribution is 0.0701. The van der Waals surface area contributed by atoms with Crippen LogP contribution in [-0.4, -0.2) is 16.1 Å². The molecule has 0 bridgehead atoms. The van der Waals surface area contributed by atoms with Crippen LogP contribution in [0.1, 0.15) is 26.4 Å². The molecule has 0 atom stereocenters. The van der Waals surface area contributed by atoms with Crippen LogP contribution in [-0.2, 0) is 6.42 Å². The minimum absolute atomic E-state index is 0.150. The van der Waals surface area contributed by atoms with E-state index in [1.807, 2.05) is 12.1 Å². The molecule has 2 heterocycles. The number of aromatic carboxylic acids is 1. The molecule has 0 fully saturated rings. The number of halogens is 1. The van der Waals surface area contributed by atoms with Crippen molar-refractivity contribution in [3.63, 3.8) is 0 Å². The number of rotatable bonds is 4. The maximum absolute atomic E-state index is 11.7. The molecule has 0 aliphatic heterocycles. The van der Waals surface area contributed by atoms with Crippen molar-refractivity contribution in [2.24, 2.45) is 0 Å². The molecule has 2 aromatic heterocycles. The van der Waals surface area contributed by atoms with Crippen molar-refractivity contribution in [1.29, 1.82) is 5.26 Å². The lowest BCUT2D eigenvalue weighted by atomic mass is 9.99. The third-order valence-corrected chi connectivity index (χ3v) is 5.17. The molecule has 0 aliphatic rings. The van der Waals surface area contributed by atoms with Crippen LogP contribution in [0.15, 0.2) is 42.6 Å². The fraction of sp³-hybridized carbons (Fsp3) is 0.0556. The van der Waals surface area contributed by atoms with Crippen molar-refractivity contribution in [3.8, 4) is 16.5 Å². The number of nitriles is 1. The first kappa shape index (κ1) is 17.0. The van der Waals surface area contributed by atoms with E-state index in [1.54, 1.807) is 24.3 Å². The lowest BCUT2D eigenvalue weighted by Gasteiger charge is -2.04. The number of carboxylic acid groups (broad SMARTS) is 1. The Morgan fingerprint density at radius 2 is 2.04 bits per heavy atom.